The first-order valence-corrected chi connectivity index (χ1v) is 7.50. The van der Waals surface area contributed by atoms with Gasteiger partial charge in [-0.25, -0.2) is 4.79 Å². The van der Waals surface area contributed by atoms with Crippen molar-refractivity contribution in [1.82, 2.24) is 14.7 Å². The summed E-state index contributed by atoms with van der Waals surface area (Å²) in [7, 11) is 3.48. The predicted molar refractivity (Wildman–Crippen MR) is 76.8 cm³/mol. The molecular weight excluding hydrogens is 274 g/mol. The number of aliphatic hydroxyl groups excluding tert-OH is 1. The van der Waals surface area contributed by atoms with E-state index in [1.54, 1.807) is 28.8 Å². The van der Waals surface area contributed by atoms with Gasteiger partial charge < -0.3 is 24.5 Å². The van der Waals surface area contributed by atoms with Crippen molar-refractivity contribution < 1.29 is 19.4 Å². The highest BCUT2D eigenvalue weighted by atomic mass is 16.5. The highest BCUT2D eigenvalue weighted by Gasteiger charge is 2.32. The van der Waals surface area contributed by atoms with Gasteiger partial charge in [-0.1, -0.05) is 0 Å². The second-order valence-corrected chi connectivity index (χ2v) is 5.90. The van der Waals surface area contributed by atoms with Gasteiger partial charge in [-0.2, -0.15) is 0 Å². The molecule has 2 aliphatic rings. The number of urea groups is 1. The van der Waals surface area contributed by atoms with Crippen LogP contribution < -0.4 is 0 Å². The molecule has 0 bridgehead atoms. The lowest BCUT2D eigenvalue weighted by atomic mass is 9.95. The number of aliphatic hydroxyl groups is 1. The van der Waals surface area contributed by atoms with Crippen molar-refractivity contribution in [3.63, 3.8) is 0 Å². The molecule has 2 rings (SSSR count). The van der Waals surface area contributed by atoms with Gasteiger partial charge in [-0.15, -0.1) is 0 Å². The summed E-state index contributed by atoms with van der Waals surface area (Å²) < 4.78 is 5.37. The van der Waals surface area contributed by atoms with Crippen LogP contribution >= 0.6 is 0 Å². The molecule has 2 fully saturated rings. The summed E-state index contributed by atoms with van der Waals surface area (Å²) in [4.78, 5) is 29.5. The summed E-state index contributed by atoms with van der Waals surface area (Å²) in [6, 6.07) is 0.00705. The van der Waals surface area contributed by atoms with Crippen LogP contribution in [0.1, 0.15) is 12.8 Å². The topological polar surface area (TPSA) is 73.3 Å². The Kier molecular flexibility index (Phi) is 5.41. The van der Waals surface area contributed by atoms with Crippen LogP contribution in [-0.2, 0) is 9.53 Å². The van der Waals surface area contributed by atoms with Gasteiger partial charge >= 0.3 is 6.03 Å². The number of carbonyl (C=O) groups excluding carboxylic acids is 2. The second-order valence-electron chi connectivity index (χ2n) is 5.90. The highest BCUT2D eigenvalue weighted by molar-refractivity contribution is 5.80. The van der Waals surface area contributed by atoms with E-state index in [1.165, 1.54) is 0 Å². The van der Waals surface area contributed by atoms with Gasteiger partial charge in [0.2, 0.25) is 5.91 Å². The molecule has 7 nitrogen and oxygen atoms in total. The van der Waals surface area contributed by atoms with Crippen LogP contribution in [0.15, 0.2) is 0 Å². The normalized spacial score (nSPS) is 24.0. The maximum atomic E-state index is 12.5. The van der Waals surface area contributed by atoms with Gasteiger partial charge in [-0.05, 0) is 12.8 Å². The van der Waals surface area contributed by atoms with Gasteiger partial charge in [0.1, 0.15) is 0 Å². The van der Waals surface area contributed by atoms with Crippen LogP contribution in [0, 0.1) is 5.92 Å². The van der Waals surface area contributed by atoms with Crippen molar-refractivity contribution in [3.05, 3.63) is 0 Å². The number of hydrogen-bond donors (Lipinski definition) is 1. The third-order valence-electron chi connectivity index (χ3n) is 4.15. The SMILES string of the molecule is CN(C)C(=O)N1CCC(C(=O)N2CCOC(CO)C2)CC1. The molecule has 0 spiro atoms. The van der Waals surface area contributed by atoms with Crippen molar-refractivity contribution in [1.29, 1.82) is 0 Å². The van der Waals surface area contributed by atoms with Gasteiger partial charge in [0.15, 0.2) is 0 Å². The Morgan fingerprint density at radius 2 is 1.86 bits per heavy atom. The fourth-order valence-electron chi connectivity index (χ4n) is 2.89. The lowest BCUT2D eigenvalue weighted by molar-refractivity contribution is -0.145. The average Bonchev–Trinajstić information content (AvgIpc) is 2.53. The van der Waals surface area contributed by atoms with Gasteiger partial charge in [-0.3, -0.25) is 4.79 Å². The molecule has 1 N–H and O–H groups in total. The number of morpholine rings is 1. The van der Waals surface area contributed by atoms with Gasteiger partial charge in [0.25, 0.3) is 0 Å². The standard InChI is InChI=1S/C14H25N3O4/c1-15(2)14(20)16-5-3-11(4-6-16)13(19)17-7-8-21-12(9-17)10-18/h11-12,18H,3-10H2,1-2H3. The van der Waals surface area contributed by atoms with E-state index < -0.39 is 0 Å². The molecule has 2 saturated heterocycles. The molecule has 0 aromatic carbocycles. The van der Waals surface area contributed by atoms with Crippen molar-refractivity contribution in [3.8, 4) is 0 Å². The number of hydrogen-bond acceptors (Lipinski definition) is 4. The minimum absolute atomic E-state index is 0.00705. The van der Waals surface area contributed by atoms with Gasteiger partial charge in [0.05, 0.1) is 19.3 Å². The third kappa shape index (κ3) is 3.85. The van der Waals surface area contributed by atoms with Gasteiger partial charge in [0, 0.05) is 46.2 Å². The van der Waals surface area contributed by atoms with E-state index in [1.807, 2.05) is 0 Å². The first kappa shape index (κ1) is 16.0. The Balaban J connectivity index is 1.84. The fraction of sp³-hybridized carbons (Fsp3) is 0.857. The van der Waals surface area contributed by atoms with Crippen LogP contribution in [0.2, 0.25) is 0 Å². The minimum atomic E-state index is -0.266. The molecule has 0 radical (unpaired) electrons. The zero-order valence-electron chi connectivity index (χ0n) is 12.8. The number of ether oxygens (including phenoxy) is 1. The average molecular weight is 299 g/mol. The molecule has 1 unspecified atom stereocenters. The number of carbonyl (C=O) groups is 2. The van der Waals surface area contributed by atoms with Crippen LogP contribution in [0.4, 0.5) is 4.79 Å². The van der Waals surface area contributed by atoms with E-state index in [9.17, 15) is 9.59 Å². The number of rotatable bonds is 2. The van der Waals surface area contributed by atoms with Crippen LogP contribution in [0.5, 0.6) is 0 Å². The van der Waals surface area contributed by atoms with Crippen LogP contribution in [0.25, 0.3) is 0 Å². The van der Waals surface area contributed by atoms with E-state index in [0.717, 1.165) is 0 Å². The van der Waals surface area contributed by atoms with Crippen LogP contribution in [0.3, 0.4) is 0 Å². The summed E-state index contributed by atoms with van der Waals surface area (Å²) in [5.41, 5.74) is 0. The lowest BCUT2D eigenvalue weighted by Crippen LogP contribution is -2.51. The monoisotopic (exact) mass is 299 g/mol. The number of likely N-dealkylation sites (tertiary alicyclic amines) is 1. The number of piperidine rings is 1. The highest BCUT2D eigenvalue weighted by Crippen LogP contribution is 2.21. The van der Waals surface area contributed by atoms with Crippen molar-refractivity contribution in [2.75, 3.05) is 53.5 Å². The molecule has 2 heterocycles. The molecule has 1 atom stereocenters. The summed E-state index contributed by atoms with van der Waals surface area (Å²) in [5, 5.41) is 9.14. The van der Waals surface area contributed by atoms with Crippen molar-refractivity contribution >= 4 is 11.9 Å². The summed E-state index contributed by atoms with van der Waals surface area (Å²) in [6.07, 6.45) is 1.15. The molecule has 21 heavy (non-hydrogen) atoms. The largest absolute Gasteiger partial charge is 0.394 e. The first-order chi connectivity index (χ1) is 10.0. The Hall–Kier alpha value is -1.34. The molecule has 0 aromatic heterocycles. The predicted octanol–water partition coefficient (Wildman–Crippen LogP) is -0.400. The van der Waals surface area contributed by atoms with E-state index in [-0.39, 0.29) is 30.6 Å². The Morgan fingerprint density at radius 3 is 2.43 bits per heavy atom. The summed E-state index contributed by atoms with van der Waals surface area (Å²) >= 11 is 0. The lowest BCUT2D eigenvalue weighted by Gasteiger charge is -2.37. The molecule has 0 aromatic rings. The maximum absolute atomic E-state index is 12.5. The first-order valence-electron chi connectivity index (χ1n) is 7.50. The van der Waals surface area contributed by atoms with E-state index in [4.69, 9.17) is 9.84 Å². The molecule has 2 aliphatic heterocycles. The number of nitrogens with zero attached hydrogens (tertiary/aromatic N) is 3. The van der Waals surface area contributed by atoms with Crippen molar-refractivity contribution in [2.45, 2.75) is 18.9 Å². The Labute approximate surface area is 125 Å². The zero-order chi connectivity index (χ0) is 15.4. The molecule has 7 heteroatoms. The quantitative estimate of drug-likeness (QED) is 0.753. The molecule has 0 saturated carbocycles. The molecular formula is C14H25N3O4. The molecule has 120 valence electrons. The Morgan fingerprint density at radius 1 is 1.19 bits per heavy atom. The van der Waals surface area contributed by atoms with E-state index in [0.29, 0.717) is 45.6 Å². The number of amides is 3. The molecule has 3 amide bonds. The van der Waals surface area contributed by atoms with Crippen molar-refractivity contribution in [2.24, 2.45) is 5.92 Å². The third-order valence-corrected chi connectivity index (χ3v) is 4.15. The maximum Gasteiger partial charge on any atom is 0.319 e. The van der Waals surface area contributed by atoms with E-state index >= 15 is 0 Å². The van der Waals surface area contributed by atoms with Crippen LogP contribution in [-0.4, -0.2) is 91.3 Å². The summed E-state index contributed by atoms with van der Waals surface area (Å²) in [5.74, 6) is 0.113. The summed E-state index contributed by atoms with van der Waals surface area (Å²) in [6.45, 7) is 2.73. The van der Waals surface area contributed by atoms with E-state index in [2.05, 4.69) is 0 Å². The smallest absolute Gasteiger partial charge is 0.319 e. The molecule has 0 aliphatic carbocycles. The fourth-order valence-corrected chi connectivity index (χ4v) is 2.89. The minimum Gasteiger partial charge on any atom is -0.394 e. The second kappa shape index (κ2) is 7.09. The Bertz CT molecular complexity index is 380. The zero-order valence-corrected chi connectivity index (χ0v) is 12.8.